The predicted molar refractivity (Wildman–Crippen MR) is 126 cm³/mol. The minimum atomic E-state index is -1.15. The molecule has 1 N–H and O–H groups in total. The van der Waals surface area contributed by atoms with Gasteiger partial charge in [-0.1, -0.05) is 53.5 Å². The van der Waals surface area contributed by atoms with Crippen LogP contribution < -0.4 is 4.74 Å². The lowest BCUT2D eigenvalue weighted by Crippen LogP contribution is -2.28. The molecule has 0 saturated heterocycles. The third kappa shape index (κ3) is 6.77. The van der Waals surface area contributed by atoms with Crippen LogP contribution in [-0.2, 0) is 26.5 Å². The first-order valence-electron chi connectivity index (χ1n) is 9.70. The van der Waals surface area contributed by atoms with Gasteiger partial charge in [-0.2, -0.15) is 0 Å². The number of carbonyl (C=O) groups excluding carboxylic acids is 1. The minimum absolute atomic E-state index is 0.0115. The Bertz CT molecular complexity index is 1070. The molecule has 3 aromatic rings. The Kier molecular flexibility index (Phi) is 8.64. The number of benzene rings is 2. The third-order valence-corrected chi connectivity index (χ3v) is 6.17. The number of pyridine rings is 1. The smallest absolute Gasteiger partial charge is 0.347 e. The molecule has 0 amide bonds. The lowest BCUT2D eigenvalue weighted by Gasteiger charge is -2.16. The SMILES string of the molecule is CC(Oc1ccc(-c2ncc(Cl)cc2Cl)cc1O)C(=O)OCC[S+]([O-])Cc1ccccc1. The molecule has 9 heteroatoms. The standard InChI is InChI=1S/C23H21Cl2NO5S/c1-15(23(28)30-9-10-32(29)14-16-5-3-2-4-6-16)31-21-8-7-17(11-20(21)27)22-19(25)12-18(24)13-26-22/h2-8,11-13,15,27H,9-10,14H2,1H3. The Labute approximate surface area is 199 Å². The van der Waals surface area contributed by atoms with E-state index in [2.05, 4.69) is 4.98 Å². The Morgan fingerprint density at radius 1 is 1.19 bits per heavy atom. The molecule has 0 aliphatic carbocycles. The summed E-state index contributed by atoms with van der Waals surface area (Å²) in [6.45, 7) is 1.52. The average Bonchev–Trinajstić information content (AvgIpc) is 2.75. The van der Waals surface area contributed by atoms with Crippen molar-refractivity contribution in [3.8, 4) is 22.8 Å². The molecule has 1 heterocycles. The molecule has 168 valence electrons. The van der Waals surface area contributed by atoms with E-state index in [4.69, 9.17) is 32.7 Å². The maximum Gasteiger partial charge on any atom is 0.347 e. The van der Waals surface area contributed by atoms with Gasteiger partial charge in [0.2, 0.25) is 0 Å². The Morgan fingerprint density at radius 2 is 1.94 bits per heavy atom. The number of esters is 1. The number of halogens is 2. The van der Waals surface area contributed by atoms with Gasteiger partial charge >= 0.3 is 5.97 Å². The fourth-order valence-electron chi connectivity index (χ4n) is 2.81. The second-order valence-corrected chi connectivity index (χ2v) is 9.29. The molecular formula is C23H21Cl2NO5S. The molecule has 0 saturated carbocycles. The van der Waals surface area contributed by atoms with Crippen molar-refractivity contribution in [2.24, 2.45) is 0 Å². The van der Waals surface area contributed by atoms with Gasteiger partial charge in [-0.3, -0.25) is 4.98 Å². The minimum Gasteiger partial charge on any atom is -0.616 e. The van der Waals surface area contributed by atoms with Crippen LogP contribution in [0.4, 0.5) is 0 Å². The number of carbonyl (C=O) groups is 1. The summed E-state index contributed by atoms with van der Waals surface area (Å²) in [5, 5.41) is 11.0. The fraction of sp³-hybridized carbons (Fsp3) is 0.217. The van der Waals surface area contributed by atoms with Crippen LogP contribution in [0, 0.1) is 0 Å². The summed E-state index contributed by atoms with van der Waals surface area (Å²) < 4.78 is 22.8. The number of aromatic hydroxyl groups is 1. The number of hydrogen-bond acceptors (Lipinski definition) is 6. The van der Waals surface area contributed by atoms with E-state index in [0.717, 1.165) is 5.56 Å². The monoisotopic (exact) mass is 493 g/mol. The van der Waals surface area contributed by atoms with E-state index < -0.39 is 23.2 Å². The number of phenolic OH excluding ortho intramolecular Hbond substituents is 1. The highest BCUT2D eigenvalue weighted by Crippen LogP contribution is 2.34. The first kappa shape index (κ1) is 24.2. The zero-order valence-electron chi connectivity index (χ0n) is 17.2. The molecular weight excluding hydrogens is 473 g/mol. The largest absolute Gasteiger partial charge is 0.616 e. The van der Waals surface area contributed by atoms with Crippen molar-refractivity contribution in [1.82, 2.24) is 4.98 Å². The van der Waals surface area contributed by atoms with Crippen LogP contribution in [0.1, 0.15) is 12.5 Å². The van der Waals surface area contributed by atoms with Crippen molar-refractivity contribution in [2.75, 3.05) is 12.4 Å². The van der Waals surface area contributed by atoms with Gasteiger partial charge in [0.15, 0.2) is 17.6 Å². The summed E-state index contributed by atoms with van der Waals surface area (Å²) in [6, 6.07) is 15.6. The van der Waals surface area contributed by atoms with E-state index in [-0.39, 0.29) is 23.9 Å². The van der Waals surface area contributed by atoms with E-state index in [1.54, 1.807) is 12.1 Å². The molecule has 0 aliphatic rings. The van der Waals surface area contributed by atoms with Crippen LogP contribution >= 0.6 is 23.2 Å². The second-order valence-electron chi connectivity index (χ2n) is 6.87. The van der Waals surface area contributed by atoms with E-state index in [1.807, 2.05) is 30.3 Å². The van der Waals surface area contributed by atoms with Crippen molar-refractivity contribution in [2.45, 2.75) is 18.8 Å². The lowest BCUT2D eigenvalue weighted by atomic mass is 10.1. The van der Waals surface area contributed by atoms with Gasteiger partial charge < -0.3 is 19.1 Å². The van der Waals surface area contributed by atoms with Crippen molar-refractivity contribution in [3.63, 3.8) is 0 Å². The van der Waals surface area contributed by atoms with Gasteiger partial charge in [0.25, 0.3) is 0 Å². The van der Waals surface area contributed by atoms with Gasteiger partial charge in [-0.15, -0.1) is 0 Å². The highest BCUT2D eigenvalue weighted by molar-refractivity contribution is 7.90. The average molecular weight is 494 g/mol. The van der Waals surface area contributed by atoms with Crippen molar-refractivity contribution >= 4 is 40.3 Å². The number of rotatable bonds is 9. The maximum absolute atomic E-state index is 12.2. The molecule has 1 aromatic heterocycles. The van der Waals surface area contributed by atoms with Crippen LogP contribution in [0.2, 0.25) is 10.0 Å². The summed E-state index contributed by atoms with van der Waals surface area (Å²) >= 11 is 10.9. The summed E-state index contributed by atoms with van der Waals surface area (Å²) in [6.07, 6.45) is 0.487. The molecule has 6 nitrogen and oxygen atoms in total. The fourth-order valence-corrected chi connectivity index (χ4v) is 4.28. The van der Waals surface area contributed by atoms with Crippen molar-refractivity contribution in [3.05, 3.63) is 76.4 Å². The molecule has 2 unspecified atom stereocenters. The molecule has 2 aromatic carbocycles. The number of aromatic nitrogens is 1. The highest BCUT2D eigenvalue weighted by Gasteiger charge is 2.20. The summed E-state index contributed by atoms with van der Waals surface area (Å²) in [4.78, 5) is 16.4. The van der Waals surface area contributed by atoms with Crippen LogP contribution in [0.25, 0.3) is 11.3 Å². The molecule has 0 bridgehead atoms. The predicted octanol–water partition coefficient (Wildman–Crippen LogP) is 5.02. The molecule has 3 rings (SSSR count). The molecule has 0 aliphatic heterocycles. The third-order valence-electron chi connectivity index (χ3n) is 4.40. The van der Waals surface area contributed by atoms with E-state index in [9.17, 15) is 14.5 Å². The number of ether oxygens (including phenoxy) is 2. The van der Waals surface area contributed by atoms with Gasteiger partial charge in [-0.25, -0.2) is 4.79 Å². The van der Waals surface area contributed by atoms with Crippen LogP contribution in [0.5, 0.6) is 11.5 Å². The zero-order chi connectivity index (χ0) is 23.1. The van der Waals surface area contributed by atoms with Crippen LogP contribution in [-0.4, -0.2) is 39.1 Å². The van der Waals surface area contributed by atoms with Gasteiger partial charge in [-0.05, 0) is 42.4 Å². The molecule has 32 heavy (non-hydrogen) atoms. The number of phenols is 1. The number of hydrogen-bond donors (Lipinski definition) is 1. The van der Waals surface area contributed by atoms with Gasteiger partial charge in [0.05, 0.1) is 15.7 Å². The van der Waals surface area contributed by atoms with Crippen LogP contribution in [0.3, 0.4) is 0 Å². The van der Waals surface area contributed by atoms with Gasteiger partial charge in [0.1, 0.15) is 18.1 Å². The molecule has 2 atom stereocenters. The second kappa shape index (κ2) is 11.4. The summed E-state index contributed by atoms with van der Waals surface area (Å²) in [5.41, 5.74) is 1.98. The van der Waals surface area contributed by atoms with Crippen LogP contribution in [0.15, 0.2) is 60.8 Å². The first-order valence-corrected chi connectivity index (χ1v) is 11.9. The first-order chi connectivity index (χ1) is 15.3. The number of nitrogens with zero attached hydrogens (tertiary/aromatic N) is 1. The topological polar surface area (TPSA) is 91.7 Å². The lowest BCUT2D eigenvalue weighted by molar-refractivity contribution is -0.150. The van der Waals surface area contributed by atoms with Crippen molar-refractivity contribution in [1.29, 1.82) is 0 Å². The van der Waals surface area contributed by atoms with Gasteiger partial charge in [0, 0.05) is 17.3 Å². The van der Waals surface area contributed by atoms with E-state index in [1.165, 1.54) is 25.3 Å². The Balaban J connectivity index is 1.51. The normalized spacial score (nSPS) is 12.8. The highest BCUT2D eigenvalue weighted by atomic mass is 35.5. The zero-order valence-corrected chi connectivity index (χ0v) is 19.5. The summed E-state index contributed by atoms with van der Waals surface area (Å²) in [7, 11) is 0. The van der Waals surface area contributed by atoms with Crippen molar-refractivity contribution < 1.29 is 23.9 Å². The van der Waals surface area contributed by atoms with E-state index >= 15 is 0 Å². The molecule has 0 radical (unpaired) electrons. The summed E-state index contributed by atoms with van der Waals surface area (Å²) in [5.74, 6) is -0.0678. The maximum atomic E-state index is 12.2. The molecule has 0 spiro atoms. The Morgan fingerprint density at radius 3 is 2.62 bits per heavy atom. The van der Waals surface area contributed by atoms with E-state index in [0.29, 0.717) is 27.1 Å². The molecule has 0 fully saturated rings. The quantitative estimate of drug-likeness (QED) is 0.332. The Hall–Kier alpha value is -2.45.